The number of alkyl carbamates (subject to hydrolysis) is 1. The summed E-state index contributed by atoms with van der Waals surface area (Å²) in [4.78, 5) is 11.8. The van der Waals surface area contributed by atoms with Gasteiger partial charge in [-0.1, -0.05) is 49.6 Å². The van der Waals surface area contributed by atoms with E-state index in [9.17, 15) is 22.7 Å². The van der Waals surface area contributed by atoms with Crippen LogP contribution in [0.1, 0.15) is 37.7 Å². The second kappa shape index (κ2) is 11.0. The standard InChI is InChI=1S/C22H26ClFN2O5S/c23-32(29,30)19-12-11-17(13-18(19)24)25-21(27)20(16-9-5-2-6-10-16)26-22(28)31-14-15-7-3-1-4-8-15/h1,3-4,7-8,11-13,16,20-21,25,27H,2,5-6,9-10,14H2,(H,26,28)/t20-,21-/m0/s1. The van der Waals surface area contributed by atoms with Crippen LogP contribution < -0.4 is 10.6 Å². The highest BCUT2D eigenvalue weighted by Crippen LogP contribution is 2.29. The Morgan fingerprint density at radius 2 is 1.84 bits per heavy atom. The highest BCUT2D eigenvalue weighted by molar-refractivity contribution is 8.13. The summed E-state index contributed by atoms with van der Waals surface area (Å²) in [5, 5.41) is 16.3. The number of aliphatic hydroxyl groups excluding tert-OH is 1. The van der Waals surface area contributed by atoms with E-state index in [1.54, 1.807) is 0 Å². The highest BCUT2D eigenvalue weighted by Gasteiger charge is 2.32. The SMILES string of the molecule is O=C(N[C@@H](C1CCCCC1)[C@H](O)Nc1ccc(S(=O)(=O)Cl)c(F)c1)OCc1ccccc1. The molecule has 0 heterocycles. The van der Waals surface area contributed by atoms with Gasteiger partial charge in [-0.15, -0.1) is 0 Å². The molecule has 0 unspecified atom stereocenters. The fourth-order valence-electron chi connectivity index (χ4n) is 3.90. The molecule has 1 aliphatic rings. The Morgan fingerprint density at radius 1 is 1.16 bits per heavy atom. The zero-order valence-electron chi connectivity index (χ0n) is 17.3. The number of halogens is 2. The minimum Gasteiger partial charge on any atom is -0.445 e. The third kappa shape index (κ3) is 6.82. The molecular formula is C22H26ClFN2O5S. The molecule has 0 bridgehead atoms. The second-order valence-corrected chi connectivity index (χ2v) is 10.3. The van der Waals surface area contributed by atoms with Gasteiger partial charge in [-0.3, -0.25) is 0 Å². The largest absolute Gasteiger partial charge is 0.445 e. The van der Waals surface area contributed by atoms with Gasteiger partial charge >= 0.3 is 6.09 Å². The maximum Gasteiger partial charge on any atom is 0.407 e. The van der Waals surface area contributed by atoms with Gasteiger partial charge < -0.3 is 20.5 Å². The number of amides is 1. The topological polar surface area (TPSA) is 105 Å². The van der Waals surface area contributed by atoms with Gasteiger partial charge in [0.25, 0.3) is 9.05 Å². The molecule has 1 amide bonds. The number of rotatable bonds is 8. The number of nitrogens with one attached hydrogen (secondary N) is 2. The molecule has 0 aromatic heterocycles. The zero-order valence-corrected chi connectivity index (χ0v) is 18.9. The Morgan fingerprint density at radius 3 is 2.47 bits per heavy atom. The summed E-state index contributed by atoms with van der Waals surface area (Å²) in [6, 6.07) is 11.8. The minimum atomic E-state index is -4.22. The molecule has 0 aliphatic heterocycles. The number of benzene rings is 2. The lowest BCUT2D eigenvalue weighted by molar-refractivity contribution is 0.0849. The van der Waals surface area contributed by atoms with Crippen molar-refractivity contribution in [1.29, 1.82) is 0 Å². The lowest BCUT2D eigenvalue weighted by Crippen LogP contribution is -2.51. The molecular weight excluding hydrogens is 459 g/mol. The summed E-state index contributed by atoms with van der Waals surface area (Å²) in [6.07, 6.45) is 2.77. The first-order valence-corrected chi connectivity index (χ1v) is 12.7. The van der Waals surface area contributed by atoms with Crippen LogP contribution in [0.15, 0.2) is 53.4 Å². The first-order valence-electron chi connectivity index (χ1n) is 10.4. The monoisotopic (exact) mass is 484 g/mol. The predicted molar refractivity (Wildman–Crippen MR) is 119 cm³/mol. The molecule has 2 aromatic rings. The predicted octanol–water partition coefficient (Wildman–Crippen LogP) is 4.36. The maximum atomic E-state index is 14.1. The van der Waals surface area contributed by atoms with Crippen molar-refractivity contribution in [3.63, 3.8) is 0 Å². The van der Waals surface area contributed by atoms with E-state index >= 15 is 0 Å². The molecule has 0 spiro atoms. The summed E-state index contributed by atoms with van der Waals surface area (Å²) in [6.45, 7) is 0.0904. The van der Waals surface area contributed by atoms with Gasteiger partial charge in [0.1, 0.15) is 23.5 Å². The van der Waals surface area contributed by atoms with Gasteiger partial charge in [-0.2, -0.15) is 0 Å². The lowest BCUT2D eigenvalue weighted by atomic mass is 9.83. The van der Waals surface area contributed by atoms with Crippen molar-refractivity contribution in [2.45, 2.75) is 55.9 Å². The van der Waals surface area contributed by atoms with Gasteiger partial charge in [0, 0.05) is 16.4 Å². The molecule has 174 valence electrons. The molecule has 1 saturated carbocycles. The summed E-state index contributed by atoms with van der Waals surface area (Å²) >= 11 is 0. The molecule has 0 saturated heterocycles. The molecule has 3 rings (SSSR count). The summed E-state index contributed by atoms with van der Waals surface area (Å²) in [5.74, 6) is -1.04. The first kappa shape index (κ1) is 24.3. The Balaban J connectivity index is 1.68. The Kier molecular flexibility index (Phi) is 8.33. The fourth-order valence-corrected chi connectivity index (χ4v) is 4.80. The van der Waals surface area contributed by atoms with Crippen molar-refractivity contribution in [3.8, 4) is 0 Å². The van der Waals surface area contributed by atoms with Crippen molar-refractivity contribution < 1.29 is 27.4 Å². The van der Waals surface area contributed by atoms with E-state index in [1.807, 2.05) is 30.3 Å². The third-order valence-electron chi connectivity index (χ3n) is 5.50. The van der Waals surface area contributed by atoms with Crippen molar-refractivity contribution >= 4 is 31.5 Å². The molecule has 2 aromatic carbocycles. The van der Waals surface area contributed by atoms with Crippen molar-refractivity contribution in [1.82, 2.24) is 5.32 Å². The quantitative estimate of drug-likeness (QED) is 0.380. The van der Waals surface area contributed by atoms with E-state index < -0.39 is 38.1 Å². The maximum absolute atomic E-state index is 14.1. The van der Waals surface area contributed by atoms with Crippen LogP contribution in [0.2, 0.25) is 0 Å². The molecule has 2 atom stereocenters. The van der Waals surface area contributed by atoms with Crippen LogP contribution >= 0.6 is 10.7 Å². The number of ether oxygens (including phenoxy) is 1. The fraction of sp³-hybridized carbons (Fsp3) is 0.409. The molecule has 3 N–H and O–H groups in total. The number of hydrogen-bond acceptors (Lipinski definition) is 6. The Bertz CT molecular complexity index is 1020. The summed E-state index contributed by atoms with van der Waals surface area (Å²) < 4.78 is 42.2. The Hall–Kier alpha value is -2.36. The second-order valence-electron chi connectivity index (χ2n) is 7.80. The Labute approximate surface area is 191 Å². The number of hydrogen-bond donors (Lipinski definition) is 3. The molecule has 1 aliphatic carbocycles. The van der Waals surface area contributed by atoms with Gasteiger partial charge in [0.05, 0.1) is 6.04 Å². The van der Waals surface area contributed by atoms with Gasteiger partial charge in [0.15, 0.2) is 0 Å². The molecule has 1 fully saturated rings. The van der Waals surface area contributed by atoms with Gasteiger partial charge in [-0.25, -0.2) is 17.6 Å². The van der Waals surface area contributed by atoms with E-state index in [-0.39, 0.29) is 18.2 Å². The number of anilines is 1. The van der Waals surface area contributed by atoms with Crippen LogP contribution in [0, 0.1) is 11.7 Å². The molecule has 7 nitrogen and oxygen atoms in total. The van der Waals surface area contributed by atoms with Crippen LogP contribution in [-0.2, 0) is 20.4 Å². The zero-order chi connectivity index (χ0) is 23.1. The number of carbonyl (C=O) groups excluding carboxylic acids is 1. The normalized spacial score (nSPS) is 16.7. The smallest absolute Gasteiger partial charge is 0.407 e. The van der Waals surface area contributed by atoms with E-state index in [4.69, 9.17) is 15.4 Å². The van der Waals surface area contributed by atoms with Crippen molar-refractivity contribution in [2.75, 3.05) is 5.32 Å². The van der Waals surface area contributed by atoms with Crippen LogP contribution in [0.5, 0.6) is 0 Å². The van der Waals surface area contributed by atoms with Crippen LogP contribution in [0.4, 0.5) is 14.9 Å². The van der Waals surface area contributed by atoms with Gasteiger partial charge in [0.2, 0.25) is 0 Å². The number of aliphatic hydroxyl groups is 1. The molecule has 0 radical (unpaired) electrons. The third-order valence-corrected chi connectivity index (χ3v) is 6.86. The van der Waals surface area contributed by atoms with Crippen LogP contribution in [0.25, 0.3) is 0 Å². The van der Waals surface area contributed by atoms with E-state index in [0.717, 1.165) is 49.8 Å². The van der Waals surface area contributed by atoms with Crippen LogP contribution in [-0.4, -0.2) is 31.9 Å². The van der Waals surface area contributed by atoms with Crippen molar-refractivity contribution in [3.05, 3.63) is 59.9 Å². The lowest BCUT2D eigenvalue weighted by Gasteiger charge is -2.34. The average Bonchev–Trinajstić information content (AvgIpc) is 2.76. The first-order chi connectivity index (χ1) is 15.2. The van der Waals surface area contributed by atoms with Crippen LogP contribution in [0.3, 0.4) is 0 Å². The molecule has 32 heavy (non-hydrogen) atoms. The molecule has 10 heteroatoms. The highest BCUT2D eigenvalue weighted by atomic mass is 35.7. The minimum absolute atomic E-state index is 0.00265. The van der Waals surface area contributed by atoms with E-state index in [0.29, 0.717) is 0 Å². The van der Waals surface area contributed by atoms with E-state index in [1.165, 1.54) is 6.07 Å². The van der Waals surface area contributed by atoms with E-state index in [2.05, 4.69) is 10.6 Å². The summed E-state index contributed by atoms with van der Waals surface area (Å²) in [5.41, 5.74) is 0.986. The number of carbonyl (C=O) groups is 1. The van der Waals surface area contributed by atoms with Gasteiger partial charge in [-0.05, 0) is 42.5 Å². The summed E-state index contributed by atoms with van der Waals surface area (Å²) in [7, 11) is 0.982. The average molecular weight is 485 g/mol. The van der Waals surface area contributed by atoms with Crippen molar-refractivity contribution in [2.24, 2.45) is 5.92 Å².